The number of nitrogens with one attached hydrogen (secondary N) is 1. The molecule has 0 aromatic heterocycles. The quantitative estimate of drug-likeness (QED) is 0.665. The van der Waals surface area contributed by atoms with Gasteiger partial charge in [-0.2, -0.15) is 0 Å². The standard InChI is InChI=1S/C23H30N2O4/c1-5-6-22(26)25(16-19-9-13-21(29-4)14-10-19)17(2)23(27)24-15-18-7-11-20(28-3)12-8-18/h7-14,17H,5-6,15-16H2,1-4H3,(H,24,27)/t17-/m0/s1. The van der Waals surface area contributed by atoms with Crippen LogP contribution in [0.5, 0.6) is 11.5 Å². The van der Waals surface area contributed by atoms with Gasteiger partial charge in [0.2, 0.25) is 11.8 Å². The molecule has 29 heavy (non-hydrogen) atoms. The van der Waals surface area contributed by atoms with E-state index in [4.69, 9.17) is 9.47 Å². The van der Waals surface area contributed by atoms with Gasteiger partial charge >= 0.3 is 0 Å². The van der Waals surface area contributed by atoms with Crippen LogP contribution in [-0.4, -0.2) is 37.0 Å². The molecule has 0 saturated heterocycles. The zero-order valence-electron chi connectivity index (χ0n) is 17.6. The van der Waals surface area contributed by atoms with E-state index in [1.165, 1.54) is 0 Å². The largest absolute Gasteiger partial charge is 0.497 e. The minimum Gasteiger partial charge on any atom is -0.497 e. The molecule has 0 aliphatic carbocycles. The number of benzene rings is 2. The van der Waals surface area contributed by atoms with Gasteiger partial charge < -0.3 is 19.7 Å². The van der Waals surface area contributed by atoms with Crippen LogP contribution in [0.2, 0.25) is 0 Å². The Morgan fingerprint density at radius 1 is 0.931 bits per heavy atom. The van der Waals surface area contributed by atoms with E-state index in [1.807, 2.05) is 55.5 Å². The zero-order chi connectivity index (χ0) is 21.2. The first kappa shape index (κ1) is 22.3. The summed E-state index contributed by atoms with van der Waals surface area (Å²) in [6.45, 7) is 4.49. The lowest BCUT2D eigenvalue weighted by molar-refractivity contribution is -0.140. The van der Waals surface area contributed by atoms with Crippen molar-refractivity contribution in [3.8, 4) is 11.5 Å². The summed E-state index contributed by atoms with van der Waals surface area (Å²) in [6.07, 6.45) is 1.14. The number of ether oxygens (including phenoxy) is 2. The third-order valence-electron chi connectivity index (χ3n) is 4.77. The van der Waals surface area contributed by atoms with E-state index >= 15 is 0 Å². The number of rotatable bonds is 10. The lowest BCUT2D eigenvalue weighted by atomic mass is 10.1. The van der Waals surface area contributed by atoms with E-state index in [9.17, 15) is 9.59 Å². The first-order valence-electron chi connectivity index (χ1n) is 9.81. The maximum absolute atomic E-state index is 12.7. The van der Waals surface area contributed by atoms with Crippen LogP contribution >= 0.6 is 0 Å². The predicted molar refractivity (Wildman–Crippen MR) is 113 cm³/mol. The lowest BCUT2D eigenvalue weighted by Gasteiger charge is -2.29. The van der Waals surface area contributed by atoms with E-state index < -0.39 is 6.04 Å². The van der Waals surface area contributed by atoms with Crippen LogP contribution in [-0.2, 0) is 22.7 Å². The molecule has 6 heteroatoms. The van der Waals surface area contributed by atoms with Crippen LogP contribution < -0.4 is 14.8 Å². The van der Waals surface area contributed by atoms with Crippen molar-refractivity contribution < 1.29 is 19.1 Å². The summed E-state index contributed by atoms with van der Waals surface area (Å²) >= 11 is 0. The fourth-order valence-electron chi connectivity index (χ4n) is 2.95. The summed E-state index contributed by atoms with van der Waals surface area (Å²) in [5.41, 5.74) is 1.91. The van der Waals surface area contributed by atoms with Gasteiger partial charge in [0.25, 0.3) is 0 Å². The fraction of sp³-hybridized carbons (Fsp3) is 0.391. The highest BCUT2D eigenvalue weighted by Crippen LogP contribution is 2.16. The molecule has 0 spiro atoms. The Bertz CT molecular complexity index is 788. The van der Waals surface area contributed by atoms with Gasteiger partial charge in [-0.1, -0.05) is 31.2 Å². The van der Waals surface area contributed by atoms with Gasteiger partial charge in [-0.3, -0.25) is 9.59 Å². The highest BCUT2D eigenvalue weighted by atomic mass is 16.5. The van der Waals surface area contributed by atoms with Crippen molar-refractivity contribution >= 4 is 11.8 Å². The lowest BCUT2D eigenvalue weighted by Crippen LogP contribution is -2.47. The van der Waals surface area contributed by atoms with Crippen molar-refractivity contribution in [1.82, 2.24) is 10.2 Å². The maximum Gasteiger partial charge on any atom is 0.242 e. The van der Waals surface area contributed by atoms with Gasteiger partial charge in [-0.15, -0.1) is 0 Å². The molecule has 1 N–H and O–H groups in total. The van der Waals surface area contributed by atoms with Gasteiger partial charge in [0.05, 0.1) is 14.2 Å². The van der Waals surface area contributed by atoms with Crippen LogP contribution in [0.1, 0.15) is 37.8 Å². The van der Waals surface area contributed by atoms with Crippen LogP contribution in [0.15, 0.2) is 48.5 Å². The van der Waals surface area contributed by atoms with Gasteiger partial charge in [0.15, 0.2) is 0 Å². The van der Waals surface area contributed by atoms with Crippen molar-refractivity contribution in [2.75, 3.05) is 14.2 Å². The second kappa shape index (κ2) is 11.1. The van der Waals surface area contributed by atoms with Crippen molar-refractivity contribution in [1.29, 1.82) is 0 Å². The molecule has 2 aromatic rings. The minimum absolute atomic E-state index is 0.0320. The Labute approximate surface area is 172 Å². The molecule has 0 aliphatic heterocycles. The SMILES string of the molecule is CCCC(=O)N(Cc1ccc(OC)cc1)[C@@H](C)C(=O)NCc1ccc(OC)cc1. The first-order chi connectivity index (χ1) is 14.0. The van der Waals surface area contributed by atoms with Crippen LogP contribution in [0.3, 0.4) is 0 Å². The summed E-state index contributed by atoms with van der Waals surface area (Å²) in [7, 11) is 3.23. The third kappa shape index (κ3) is 6.52. The summed E-state index contributed by atoms with van der Waals surface area (Å²) in [4.78, 5) is 27.0. The van der Waals surface area contributed by atoms with Crippen molar-refractivity contribution in [3.05, 3.63) is 59.7 Å². The van der Waals surface area contributed by atoms with Crippen molar-refractivity contribution in [3.63, 3.8) is 0 Å². The number of hydrogen-bond donors (Lipinski definition) is 1. The van der Waals surface area contributed by atoms with Crippen molar-refractivity contribution in [2.24, 2.45) is 0 Å². The molecule has 6 nitrogen and oxygen atoms in total. The molecule has 2 amide bonds. The molecule has 1 atom stereocenters. The Kier molecular flexibility index (Phi) is 8.52. The first-order valence-corrected chi connectivity index (χ1v) is 9.81. The number of nitrogens with zero attached hydrogens (tertiary/aromatic N) is 1. The number of carbonyl (C=O) groups excluding carboxylic acids is 2. The molecule has 0 aliphatic rings. The van der Waals surface area contributed by atoms with Gasteiger partial charge in [0, 0.05) is 19.5 Å². The molecule has 0 bridgehead atoms. The molecule has 0 heterocycles. The Balaban J connectivity index is 2.04. The fourth-order valence-corrected chi connectivity index (χ4v) is 2.95. The third-order valence-corrected chi connectivity index (χ3v) is 4.77. The predicted octanol–water partition coefficient (Wildman–Crippen LogP) is 3.54. The molecule has 0 fully saturated rings. The normalized spacial score (nSPS) is 11.4. The van der Waals surface area contributed by atoms with Crippen molar-refractivity contribution in [2.45, 2.75) is 45.8 Å². The van der Waals surface area contributed by atoms with Crippen LogP contribution in [0.4, 0.5) is 0 Å². The van der Waals surface area contributed by atoms with Crippen LogP contribution in [0.25, 0.3) is 0 Å². The summed E-state index contributed by atoms with van der Waals surface area (Å²) in [5, 5.41) is 2.92. The average molecular weight is 399 g/mol. The van der Waals surface area contributed by atoms with Gasteiger partial charge in [-0.05, 0) is 48.7 Å². The molecule has 2 aromatic carbocycles. The summed E-state index contributed by atoms with van der Waals surface area (Å²) in [6, 6.07) is 14.5. The van der Waals surface area contributed by atoms with E-state index in [0.29, 0.717) is 19.5 Å². The average Bonchev–Trinajstić information content (AvgIpc) is 2.76. The number of amides is 2. The topological polar surface area (TPSA) is 67.9 Å². The number of methoxy groups -OCH3 is 2. The molecular formula is C23H30N2O4. The van der Waals surface area contributed by atoms with Gasteiger partial charge in [-0.25, -0.2) is 0 Å². The summed E-state index contributed by atoms with van der Waals surface area (Å²) in [5.74, 6) is 1.31. The highest BCUT2D eigenvalue weighted by molar-refractivity contribution is 5.87. The number of carbonyl (C=O) groups is 2. The Hall–Kier alpha value is -3.02. The van der Waals surface area contributed by atoms with Crippen LogP contribution in [0, 0.1) is 0 Å². The van der Waals surface area contributed by atoms with E-state index in [2.05, 4.69) is 5.32 Å². The second-order valence-corrected chi connectivity index (χ2v) is 6.86. The zero-order valence-corrected chi connectivity index (χ0v) is 17.6. The number of hydrogen-bond acceptors (Lipinski definition) is 4. The van der Waals surface area contributed by atoms with E-state index in [-0.39, 0.29) is 11.8 Å². The monoisotopic (exact) mass is 398 g/mol. The molecule has 0 unspecified atom stereocenters. The summed E-state index contributed by atoms with van der Waals surface area (Å²) < 4.78 is 10.3. The molecule has 0 saturated carbocycles. The maximum atomic E-state index is 12.7. The van der Waals surface area contributed by atoms with E-state index in [0.717, 1.165) is 29.0 Å². The highest BCUT2D eigenvalue weighted by Gasteiger charge is 2.25. The Morgan fingerprint density at radius 3 is 1.93 bits per heavy atom. The minimum atomic E-state index is -0.575. The smallest absolute Gasteiger partial charge is 0.242 e. The van der Waals surface area contributed by atoms with Gasteiger partial charge in [0.1, 0.15) is 17.5 Å². The van der Waals surface area contributed by atoms with E-state index in [1.54, 1.807) is 26.0 Å². The second-order valence-electron chi connectivity index (χ2n) is 6.86. The molecule has 0 radical (unpaired) electrons. The molecule has 156 valence electrons. The molecular weight excluding hydrogens is 368 g/mol. The Morgan fingerprint density at radius 2 is 1.45 bits per heavy atom. The molecule has 2 rings (SSSR count).